The van der Waals surface area contributed by atoms with Crippen LogP contribution in [0.1, 0.15) is 16.7 Å². The quantitative estimate of drug-likeness (QED) is 0.0764. The van der Waals surface area contributed by atoms with Crippen LogP contribution in [0.2, 0.25) is 0 Å². The summed E-state index contributed by atoms with van der Waals surface area (Å²) in [5, 5.41) is 14.8. The lowest BCUT2D eigenvalue weighted by Gasteiger charge is -2.21. The van der Waals surface area contributed by atoms with Crippen molar-refractivity contribution in [1.29, 1.82) is 0 Å². The third-order valence-corrected chi connectivity index (χ3v) is 6.93. The van der Waals surface area contributed by atoms with Crippen LogP contribution < -0.4 is 16.4 Å². The lowest BCUT2D eigenvalue weighted by molar-refractivity contribution is -0.137. The summed E-state index contributed by atoms with van der Waals surface area (Å²) < 4.78 is 17.2. The minimum atomic E-state index is -1.15. The number of carbonyl (C=O) groups is 4. The molecule has 5 rings (SSSR count). The van der Waals surface area contributed by atoms with Gasteiger partial charge >= 0.3 is 24.2 Å². The van der Waals surface area contributed by atoms with Gasteiger partial charge in [0, 0.05) is 13.1 Å². The summed E-state index contributed by atoms with van der Waals surface area (Å²) >= 11 is 0. The maximum atomic E-state index is 13.2. The van der Waals surface area contributed by atoms with E-state index in [1.54, 1.807) is 72.8 Å². The van der Waals surface area contributed by atoms with Crippen LogP contribution >= 0.6 is 0 Å². The normalized spacial score (nSPS) is 11.0. The number of rotatable bonds is 13. The predicted molar refractivity (Wildman–Crippen MR) is 183 cm³/mol. The zero-order valence-corrected chi connectivity index (χ0v) is 27.0. The summed E-state index contributed by atoms with van der Waals surface area (Å²) in [5.41, 5.74) is 8.49. The number of imidazole rings is 1. The molecule has 0 saturated heterocycles. The number of carbonyl (C=O) groups excluding carboxylic acids is 3. The zero-order chi connectivity index (χ0) is 36.0. The topological polar surface area (TPSA) is 225 Å². The first-order valence-corrected chi connectivity index (χ1v) is 15.4. The van der Waals surface area contributed by atoms with Crippen LogP contribution in [0, 0.1) is 0 Å². The van der Waals surface area contributed by atoms with Gasteiger partial charge in [-0.05, 0) is 16.7 Å². The zero-order valence-electron chi connectivity index (χ0n) is 27.0. The molecule has 51 heavy (non-hydrogen) atoms. The minimum Gasteiger partial charge on any atom is -0.480 e. The van der Waals surface area contributed by atoms with Crippen molar-refractivity contribution < 1.29 is 38.5 Å². The molecule has 5 aromatic rings. The lowest BCUT2D eigenvalue weighted by atomic mass is 10.2. The molecule has 0 radical (unpaired) electrons. The number of anilines is 2. The smallest absolute Gasteiger partial charge is 0.437 e. The Morgan fingerprint density at radius 2 is 1.37 bits per heavy atom. The highest BCUT2D eigenvalue weighted by Crippen LogP contribution is 2.21. The number of ether oxygens (including phenoxy) is 3. The Labute approximate surface area is 290 Å². The molecule has 0 unspecified atom stereocenters. The van der Waals surface area contributed by atoms with Gasteiger partial charge in [0.15, 0.2) is 17.0 Å². The standard InChI is InChI=1S/C34H33N9O8/c35-30(41-33(47)50-20-24-12-6-2-7-13-24)43(34(48)51-21-25-14-8-3-9-15-25)17-16-36-31-38-28(27-29(40-31)42(22-37-27)18-26(44)45)39-32(46)49-19-23-10-4-1-5-11-23/h1-15,22H,16-21H2,(H,44,45)(H2,35,41,47)(H2,36,38,39,40,46). The van der Waals surface area contributed by atoms with Crippen molar-refractivity contribution in [2.75, 3.05) is 23.7 Å². The first-order valence-electron chi connectivity index (χ1n) is 15.4. The Morgan fingerprint density at radius 3 is 1.96 bits per heavy atom. The van der Waals surface area contributed by atoms with E-state index in [-0.39, 0.29) is 55.8 Å². The van der Waals surface area contributed by atoms with Gasteiger partial charge in [0.05, 0.1) is 6.33 Å². The van der Waals surface area contributed by atoms with E-state index in [0.717, 1.165) is 16.0 Å². The van der Waals surface area contributed by atoms with Gasteiger partial charge in [-0.2, -0.15) is 9.97 Å². The van der Waals surface area contributed by atoms with Gasteiger partial charge in [-0.3, -0.25) is 10.1 Å². The average Bonchev–Trinajstić information content (AvgIpc) is 3.53. The summed E-state index contributed by atoms with van der Waals surface area (Å²) in [6.45, 7) is -0.917. The van der Waals surface area contributed by atoms with Gasteiger partial charge in [-0.25, -0.2) is 24.3 Å². The van der Waals surface area contributed by atoms with Crippen molar-refractivity contribution in [3.63, 3.8) is 0 Å². The molecule has 0 saturated carbocycles. The molecule has 0 aliphatic carbocycles. The molecule has 0 aliphatic rings. The molecule has 0 spiro atoms. The minimum absolute atomic E-state index is 0.0154. The number of nitrogens with zero attached hydrogens (tertiary/aromatic N) is 6. The van der Waals surface area contributed by atoms with E-state index in [2.05, 4.69) is 30.6 Å². The van der Waals surface area contributed by atoms with Crippen molar-refractivity contribution in [3.8, 4) is 0 Å². The fourth-order valence-corrected chi connectivity index (χ4v) is 4.51. The number of carboxylic acid groups (broad SMARTS) is 1. The maximum Gasteiger partial charge on any atom is 0.437 e. The van der Waals surface area contributed by atoms with Crippen LogP contribution in [0.3, 0.4) is 0 Å². The van der Waals surface area contributed by atoms with Gasteiger partial charge < -0.3 is 34.9 Å². The second kappa shape index (κ2) is 17.4. The summed E-state index contributed by atoms with van der Waals surface area (Å²) in [7, 11) is 0. The van der Waals surface area contributed by atoms with Gasteiger partial charge in [0.25, 0.3) is 0 Å². The largest absolute Gasteiger partial charge is 0.480 e. The van der Waals surface area contributed by atoms with E-state index in [9.17, 15) is 24.3 Å². The number of guanidine groups is 1. The predicted octanol–water partition coefficient (Wildman–Crippen LogP) is 4.36. The Balaban J connectivity index is 1.31. The number of aromatic nitrogens is 4. The number of amides is 3. The number of benzene rings is 3. The molecule has 3 aromatic carbocycles. The second-order valence-electron chi connectivity index (χ2n) is 10.6. The number of fused-ring (bicyclic) bond motifs is 1. The number of hydrogen-bond donors (Lipinski definition) is 4. The monoisotopic (exact) mass is 695 g/mol. The van der Waals surface area contributed by atoms with Crippen LogP contribution in [-0.2, 0) is 45.4 Å². The van der Waals surface area contributed by atoms with Crippen molar-refractivity contribution in [1.82, 2.24) is 24.4 Å². The number of carboxylic acids is 1. The van der Waals surface area contributed by atoms with Gasteiger partial charge in [0.2, 0.25) is 11.9 Å². The summed E-state index contributed by atoms with van der Waals surface area (Å²) in [5.74, 6) is -1.78. The highest BCUT2D eigenvalue weighted by molar-refractivity contribution is 5.98. The van der Waals surface area contributed by atoms with Crippen LogP contribution in [0.15, 0.2) is 102 Å². The molecular weight excluding hydrogens is 662 g/mol. The van der Waals surface area contributed by atoms with Crippen molar-refractivity contribution in [3.05, 3.63) is 114 Å². The number of aliphatic carboxylic acids is 1. The van der Waals surface area contributed by atoms with Crippen LogP contribution in [0.4, 0.5) is 26.1 Å². The van der Waals surface area contributed by atoms with Crippen molar-refractivity contribution >= 4 is 53.1 Å². The Morgan fingerprint density at radius 1 is 0.804 bits per heavy atom. The summed E-state index contributed by atoms with van der Waals surface area (Å²) in [6, 6.07) is 26.9. The third kappa shape index (κ3) is 10.5. The summed E-state index contributed by atoms with van der Waals surface area (Å²) in [4.78, 5) is 67.4. The number of aliphatic imine (C=N–C) groups is 1. The maximum absolute atomic E-state index is 13.2. The Kier molecular flexibility index (Phi) is 12.0. The van der Waals surface area contributed by atoms with E-state index in [4.69, 9.17) is 19.9 Å². The molecule has 262 valence electrons. The van der Waals surface area contributed by atoms with E-state index < -0.39 is 36.8 Å². The SMILES string of the molecule is NC(=NC(=O)OCc1ccccc1)N(CCNc1nc(NC(=O)OCc2ccccc2)c2ncn(CC(=O)O)c2n1)C(=O)OCc1ccccc1. The number of nitrogens with one attached hydrogen (secondary N) is 2. The summed E-state index contributed by atoms with van der Waals surface area (Å²) in [6.07, 6.45) is -1.53. The van der Waals surface area contributed by atoms with E-state index in [1.165, 1.54) is 10.9 Å². The molecule has 2 heterocycles. The highest BCUT2D eigenvalue weighted by Gasteiger charge is 2.22. The average molecular weight is 696 g/mol. The molecule has 3 amide bonds. The van der Waals surface area contributed by atoms with Crippen molar-refractivity contribution in [2.45, 2.75) is 26.4 Å². The van der Waals surface area contributed by atoms with Crippen molar-refractivity contribution in [2.24, 2.45) is 10.7 Å². The molecular formula is C34H33N9O8. The molecule has 0 atom stereocenters. The first-order chi connectivity index (χ1) is 24.7. The second-order valence-corrected chi connectivity index (χ2v) is 10.6. The van der Waals surface area contributed by atoms with E-state index in [0.29, 0.717) is 5.56 Å². The number of hydrogen-bond acceptors (Lipinski definition) is 11. The van der Waals surface area contributed by atoms with Gasteiger partial charge in [-0.15, -0.1) is 4.99 Å². The first kappa shape index (κ1) is 35.3. The van der Waals surface area contributed by atoms with Crippen LogP contribution in [-0.4, -0.2) is 72.8 Å². The molecule has 0 bridgehead atoms. The molecule has 5 N–H and O–H groups in total. The van der Waals surface area contributed by atoms with Gasteiger partial charge in [0.1, 0.15) is 26.4 Å². The fourth-order valence-electron chi connectivity index (χ4n) is 4.51. The third-order valence-electron chi connectivity index (χ3n) is 6.93. The molecule has 17 heteroatoms. The molecule has 17 nitrogen and oxygen atoms in total. The van der Waals surface area contributed by atoms with Gasteiger partial charge in [-0.1, -0.05) is 91.0 Å². The fraction of sp³-hybridized carbons (Fsp3) is 0.176. The van der Waals surface area contributed by atoms with E-state index >= 15 is 0 Å². The molecule has 2 aromatic heterocycles. The highest BCUT2D eigenvalue weighted by atomic mass is 16.6. The Bertz CT molecular complexity index is 1990. The lowest BCUT2D eigenvalue weighted by Crippen LogP contribution is -2.45. The van der Waals surface area contributed by atoms with Crippen LogP contribution in [0.25, 0.3) is 11.2 Å². The number of nitrogens with two attached hydrogens (primary N) is 1. The van der Waals surface area contributed by atoms with E-state index in [1.807, 2.05) is 18.2 Å². The molecule has 0 aliphatic heterocycles. The van der Waals surface area contributed by atoms with Crippen LogP contribution in [0.5, 0.6) is 0 Å². The molecule has 0 fully saturated rings. The Hall–Kier alpha value is -7.04.